The Labute approximate surface area is 109 Å². The van der Waals surface area contributed by atoms with Crippen molar-refractivity contribution in [1.82, 2.24) is 0 Å². The Morgan fingerprint density at radius 2 is 2.12 bits per heavy atom. The molecule has 0 amide bonds. The Kier molecular flexibility index (Phi) is 3.64. The monoisotopic (exact) mass is 252 g/mol. The van der Waals surface area contributed by atoms with Gasteiger partial charge in [0, 0.05) is 35.3 Å². The van der Waals surface area contributed by atoms with Gasteiger partial charge in [0.05, 0.1) is 0 Å². The van der Waals surface area contributed by atoms with E-state index in [9.17, 15) is 0 Å². The summed E-state index contributed by atoms with van der Waals surface area (Å²) in [6, 6.07) is 6.91. The molecule has 2 unspecified atom stereocenters. The zero-order chi connectivity index (χ0) is 12.6. The second-order valence-corrected chi connectivity index (χ2v) is 5.74. The average Bonchev–Trinajstić information content (AvgIpc) is 2.57. The predicted molar refractivity (Wildman–Crippen MR) is 74.9 cm³/mol. The van der Waals surface area contributed by atoms with Gasteiger partial charge in [0.1, 0.15) is 0 Å². The summed E-state index contributed by atoms with van der Waals surface area (Å²) in [6.45, 7) is 7.55. The molecule has 0 spiro atoms. The molecule has 2 rings (SSSR count). The van der Waals surface area contributed by atoms with Crippen molar-refractivity contribution in [2.75, 3.05) is 11.4 Å². The van der Waals surface area contributed by atoms with Crippen LogP contribution in [-0.4, -0.2) is 18.6 Å². The number of hydrogen-bond acceptors (Lipinski definition) is 2. The molecule has 2 N–H and O–H groups in total. The van der Waals surface area contributed by atoms with Crippen LogP contribution in [0.1, 0.15) is 38.7 Å². The summed E-state index contributed by atoms with van der Waals surface area (Å²) < 4.78 is 0. The molecule has 1 aromatic carbocycles. The molecule has 0 aromatic heterocycles. The van der Waals surface area contributed by atoms with E-state index in [0.717, 1.165) is 18.0 Å². The summed E-state index contributed by atoms with van der Waals surface area (Å²) in [6.07, 6.45) is 1.000. The second kappa shape index (κ2) is 4.87. The lowest BCUT2D eigenvalue weighted by Gasteiger charge is -2.24. The third-order valence-corrected chi connectivity index (χ3v) is 3.77. The highest BCUT2D eigenvalue weighted by Gasteiger charge is 2.31. The summed E-state index contributed by atoms with van der Waals surface area (Å²) in [4.78, 5) is 2.42. The van der Waals surface area contributed by atoms with E-state index in [0.29, 0.717) is 12.0 Å². The second-order valence-electron chi connectivity index (χ2n) is 5.33. The first-order valence-corrected chi connectivity index (χ1v) is 6.69. The molecular weight excluding hydrogens is 232 g/mol. The largest absolute Gasteiger partial charge is 0.368 e. The number of anilines is 1. The first-order chi connectivity index (χ1) is 8.00. The molecule has 3 heteroatoms. The van der Waals surface area contributed by atoms with Crippen LogP contribution in [0.4, 0.5) is 5.69 Å². The molecule has 17 heavy (non-hydrogen) atoms. The lowest BCUT2D eigenvalue weighted by Crippen LogP contribution is -2.30. The minimum absolute atomic E-state index is 0.219. The standard InChI is InChI=1S/C14H21ClN2/c1-9(2)17-8-11(7-10(3)16)14-12(15)5-4-6-13(14)17/h4-6,9-11H,7-8,16H2,1-3H3. The summed E-state index contributed by atoms with van der Waals surface area (Å²) in [5, 5.41) is 0.885. The van der Waals surface area contributed by atoms with E-state index < -0.39 is 0 Å². The zero-order valence-electron chi connectivity index (χ0n) is 10.8. The minimum Gasteiger partial charge on any atom is -0.368 e. The van der Waals surface area contributed by atoms with Gasteiger partial charge in [0.2, 0.25) is 0 Å². The van der Waals surface area contributed by atoms with Crippen LogP contribution >= 0.6 is 11.6 Å². The fourth-order valence-electron chi connectivity index (χ4n) is 2.74. The first kappa shape index (κ1) is 12.7. The quantitative estimate of drug-likeness (QED) is 0.894. The number of halogens is 1. The number of nitrogens with zero attached hydrogens (tertiary/aromatic N) is 1. The van der Waals surface area contributed by atoms with Gasteiger partial charge in [-0.25, -0.2) is 0 Å². The van der Waals surface area contributed by atoms with Crippen molar-refractivity contribution >= 4 is 17.3 Å². The van der Waals surface area contributed by atoms with Gasteiger partial charge in [-0.1, -0.05) is 17.7 Å². The van der Waals surface area contributed by atoms with Crippen LogP contribution in [0.5, 0.6) is 0 Å². The van der Waals surface area contributed by atoms with Crippen LogP contribution in [0, 0.1) is 0 Å². The molecule has 94 valence electrons. The van der Waals surface area contributed by atoms with E-state index in [-0.39, 0.29) is 6.04 Å². The van der Waals surface area contributed by atoms with Crippen molar-refractivity contribution in [2.45, 2.75) is 45.2 Å². The molecule has 2 atom stereocenters. The fourth-order valence-corrected chi connectivity index (χ4v) is 3.06. The summed E-state index contributed by atoms with van der Waals surface area (Å²) >= 11 is 6.35. The normalized spacial score (nSPS) is 20.8. The molecule has 0 fully saturated rings. The maximum atomic E-state index is 6.35. The van der Waals surface area contributed by atoms with E-state index >= 15 is 0 Å². The van der Waals surface area contributed by atoms with Crippen LogP contribution in [0.15, 0.2) is 18.2 Å². The predicted octanol–water partition coefficient (Wildman–Crippen LogP) is 3.39. The van der Waals surface area contributed by atoms with Crippen LogP contribution in [-0.2, 0) is 0 Å². The third kappa shape index (κ3) is 2.43. The van der Waals surface area contributed by atoms with E-state index in [4.69, 9.17) is 17.3 Å². The molecule has 0 radical (unpaired) electrons. The Morgan fingerprint density at radius 3 is 2.71 bits per heavy atom. The molecule has 1 heterocycles. The lowest BCUT2D eigenvalue weighted by molar-refractivity contribution is 0.552. The molecule has 0 saturated carbocycles. The van der Waals surface area contributed by atoms with Gasteiger partial charge in [0.25, 0.3) is 0 Å². The van der Waals surface area contributed by atoms with Gasteiger partial charge < -0.3 is 10.6 Å². The Hall–Kier alpha value is -0.730. The molecule has 1 aromatic rings. The van der Waals surface area contributed by atoms with Crippen molar-refractivity contribution in [3.05, 3.63) is 28.8 Å². The molecular formula is C14H21ClN2. The molecule has 0 aliphatic carbocycles. The number of hydrogen-bond donors (Lipinski definition) is 1. The molecule has 1 aliphatic rings. The van der Waals surface area contributed by atoms with Crippen molar-refractivity contribution in [3.8, 4) is 0 Å². The van der Waals surface area contributed by atoms with Crippen molar-refractivity contribution in [2.24, 2.45) is 5.73 Å². The van der Waals surface area contributed by atoms with E-state index in [1.807, 2.05) is 12.1 Å². The van der Waals surface area contributed by atoms with E-state index in [2.05, 4.69) is 31.7 Å². The highest BCUT2D eigenvalue weighted by molar-refractivity contribution is 6.32. The number of fused-ring (bicyclic) bond motifs is 1. The fraction of sp³-hybridized carbons (Fsp3) is 0.571. The van der Waals surface area contributed by atoms with Crippen LogP contribution in [0.3, 0.4) is 0 Å². The molecule has 2 nitrogen and oxygen atoms in total. The van der Waals surface area contributed by atoms with Crippen LogP contribution in [0.25, 0.3) is 0 Å². The number of nitrogens with two attached hydrogens (primary N) is 1. The molecule has 0 saturated heterocycles. The summed E-state index contributed by atoms with van der Waals surface area (Å²) in [5.41, 5.74) is 8.52. The van der Waals surface area contributed by atoms with Crippen LogP contribution in [0.2, 0.25) is 5.02 Å². The smallest absolute Gasteiger partial charge is 0.0462 e. The van der Waals surface area contributed by atoms with E-state index in [1.54, 1.807) is 0 Å². The van der Waals surface area contributed by atoms with Gasteiger partial charge in [0.15, 0.2) is 0 Å². The van der Waals surface area contributed by atoms with Crippen molar-refractivity contribution < 1.29 is 0 Å². The molecule has 0 bridgehead atoms. The van der Waals surface area contributed by atoms with Gasteiger partial charge >= 0.3 is 0 Å². The highest BCUT2D eigenvalue weighted by atomic mass is 35.5. The SMILES string of the molecule is CC(N)CC1CN(C(C)C)c2cccc(Cl)c21. The number of benzene rings is 1. The van der Waals surface area contributed by atoms with Gasteiger partial charge in [-0.3, -0.25) is 0 Å². The third-order valence-electron chi connectivity index (χ3n) is 3.44. The van der Waals surface area contributed by atoms with Gasteiger partial charge in [-0.05, 0) is 44.9 Å². The lowest BCUT2D eigenvalue weighted by atomic mass is 9.95. The van der Waals surface area contributed by atoms with Gasteiger partial charge in [-0.15, -0.1) is 0 Å². The maximum Gasteiger partial charge on any atom is 0.0462 e. The molecule has 1 aliphatic heterocycles. The Bertz CT molecular complexity index is 401. The average molecular weight is 253 g/mol. The van der Waals surface area contributed by atoms with Crippen LogP contribution < -0.4 is 10.6 Å². The van der Waals surface area contributed by atoms with Gasteiger partial charge in [-0.2, -0.15) is 0 Å². The highest BCUT2D eigenvalue weighted by Crippen LogP contribution is 2.43. The zero-order valence-corrected chi connectivity index (χ0v) is 11.5. The topological polar surface area (TPSA) is 29.3 Å². The first-order valence-electron chi connectivity index (χ1n) is 6.31. The summed E-state index contributed by atoms with van der Waals surface area (Å²) in [5.74, 6) is 0.473. The Morgan fingerprint density at radius 1 is 1.41 bits per heavy atom. The van der Waals surface area contributed by atoms with Crippen molar-refractivity contribution in [1.29, 1.82) is 0 Å². The number of rotatable bonds is 3. The van der Waals surface area contributed by atoms with Crippen molar-refractivity contribution in [3.63, 3.8) is 0 Å². The maximum absolute atomic E-state index is 6.35. The Balaban J connectivity index is 2.38. The minimum atomic E-state index is 0.219. The summed E-state index contributed by atoms with van der Waals surface area (Å²) in [7, 11) is 0. The van der Waals surface area contributed by atoms with E-state index in [1.165, 1.54) is 11.3 Å².